The first-order valence-corrected chi connectivity index (χ1v) is 4.43. The number of aliphatic hydroxyl groups is 1. The van der Waals surface area contributed by atoms with Crippen molar-refractivity contribution in [2.24, 2.45) is 0 Å². The van der Waals surface area contributed by atoms with Gasteiger partial charge in [0.15, 0.2) is 0 Å². The van der Waals surface area contributed by atoms with Crippen molar-refractivity contribution in [2.75, 3.05) is 0 Å². The van der Waals surface area contributed by atoms with E-state index in [4.69, 9.17) is 0 Å². The van der Waals surface area contributed by atoms with Gasteiger partial charge in [-0.1, -0.05) is 37.3 Å². The van der Waals surface area contributed by atoms with Gasteiger partial charge in [0, 0.05) is 0 Å². The van der Waals surface area contributed by atoms with Crippen LogP contribution >= 0.6 is 0 Å². The summed E-state index contributed by atoms with van der Waals surface area (Å²) in [6.07, 6.45) is 0.629. The maximum absolute atomic E-state index is 9.18. The highest BCUT2D eigenvalue weighted by molar-refractivity contribution is 5.18. The first-order chi connectivity index (χ1) is 5.70. The normalized spacial score (nSPS) is 15.6. The summed E-state index contributed by atoms with van der Waals surface area (Å²) in [6.45, 7) is 3.97. The van der Waals surface area contributed by atoms with E-state index in [9.17, 15) is 5.11 Å². The van der Waals surface area contributed by atoms with Crippen molar-refractivity contribution in [3.8, 4) is 0 Å². The molecule has 0 bridgehead atoms. The highest BCUT2D eigenvalue weighted by Gasteiger charge is 2.07. The monoisotopic (exact) mass is 164 g/mol. The Balaban J connectivity index is 2.59. The van der Waals surface area contributed by atoms with Gasteiger partial charge in [0.25, 0.3) is 0 Å². The Morgan fingerprint density at radius 1 is 1.17 bits per heavy atom. The molecule has 0 spiro atoms. The summed E-state index contributed by atoms with van der Waals surface area (Å²) >= 11 is 0. The van der Waals surface area contributed by atoms with Gasteiger partial charge >= 0.3 is 0 Å². The lowest BCUT2D eigenvalue weighted by atomic mass is 9.96. The number of hydrogen-bond acceptors (Lipinski definition) is 1. The molecule has 1 N–H and O–H groups in total. The van der Waals surface area contributed by atoms with Crippen LogP contribution in [0.4, 0.5) is 0 Å². The standard InChI is InChI=1S/C11H16O/c1-9(8-10(2)12)11-6-4-3-5-7-11/h3-7,9-10,12H,8H2,1-2H3/t9-,10+/m1/s1. The minimum absolute atomic E-state index is 0.208. The molecular weight excluding hydrogens is 148 g/mol. The van der Waals surface area contributed by atoms with Crippen molar-refractivity contribution in [2.45, 2.75) is 32.3 Å². The van der Waals surface area contributed by atoms with Crippen LogP contribution in [0.5, 0.6) is 0 Å². The molecule has 0 heterocycles. The van der Waals surface area contributed by atoms with Crippen molar-refractivity contribution in [1.82, 2.24) is 0 Å². The van der Waals surface area contributed by atoms with E-state index in [1.165, 1.54) is 5.56 Å². The van der Waals surface area contributed by atoms with Crippen LogP contribution in [-0.2, 0) is 0 Å². The summed E-state index contributed by atoms with van der Waals surface area (Å²) in [5.41, 5.74) is 1.30. The zero-order valence-electron chi connectivity index (χ0n) is 7.70. The number of rotatable bonds is 3. The molecule has 0 aliphatic carbocycles. The van der Waals surface area contributed by atoms with Gasteiger partial charge in [-0.3, -0.25) is 0 Å². The lowest BCUT2D eigenvalue weighted by Gasteiger charge is -2.12. The average Bonchev–Trinajstić information content (AvgIpc) is 2.05. The molecule has 1 aromatic rings. The largest absolute Gasteiger partial charge is 0.393 e. The molecule has 1 nitrogen and oxygen atoms in total. The third-order valence-corrected chi connectivity index (χ3v) is 2.06. The molecule has 1 aromatic carbocycles. The smallest absolute Gasteiger partial charge is 0.0517 e. The van der Waals surface area contributed by atoms with Gasteiger partial charge < -0.3 is 5.11 Å². The van der Waals surface area contributed by atoms with Gasteiger partial charge in [0.2, 0.25) is 0 Å². The summed E-state index contributed by atoms with van der Waals surface area (Å²) in [7, 11) is 0. The topological polar surface area (TPSA) is 20.2 Å². The molecule has 12 heavy (non-hydrogen) atoms. The maximum Gasteiger partial charge on any atom is 0.0517 e. The van der Waals surface area contributed by atoms with Crippen molar-refractivity contribution in [3.63, 3.8) is 0 Å². The fourth-order valence-electron chi connectivity index (χ4n) is 1.43. The highest BCUT2D eigenvalue weighted by atomic mass is 16.3. The van der Waals surface area contributed by atoms with E-state index in [1.54, 1.807) is 0 Å². The molecule has 0 radical (unpaired) electrons. The molecule has 0 aromatic heterocycles. The molecule has 1 rings (SSSR count). The Hall–Kier alpha value is -0.820. The van der Waals surface area contributed by atoms with E-state index in [1.807, 2.05) is 25.1 Å². The molecular formula is C11H16O. The van der Waals surface area contributed by atoms with E-state index >= 15 is 0 Å². The van der Waals surface area contributed by atoms with Crippen molar-refractivity contribution in [1.29, 1.82) is 0 Å². The van der Waals surface area contributed by atoms with Crippen LogP contribution in [0.15, 0.2) is 30.3 Å². The van der Waals surface area contributed by atoms with E-state index < -0.39 is 0 Å². The minimum atomic E-state index is -0.208. The summed E-state index contributed by atoms with van der Waals surface area (Å²) in [6, 6.07) is 10.3. The Morgan fingerprint density at radius 2 is 1.75 bits per heavy atom. The first-order valence-electron chi connectivity index (χ1n) is 4.43. The van der Waals surface area contributed by atoms with Gasteiger partial charge in [-0.05, 0) is 24.8 Å². The van der Waals surface area contributed by atoms with E-state index in [2.05, 4.69) is 19.1 Å². The highest BCUT2D eigenvalue weighted by Crippen LogP contribution is 2.19. The molecule has 1 heteroatoms. The second kappa shape index (κ2) is 4.27. The molecule has 0 aliphatic rings. The fraction of sp³-hybridized carbons (Fsp3) is 0.455. The molecule has 0 fully saturated rings. The van der Waals surface area contributed by atoms with Crippen molar-refractivity contribution < 1.29 is 5.11 Å². The zero-order valence-corrected chi connectivity index (χ0v) is 7.70. The van der Waals surface area contributed by atoms with Crippen LogP contribution in [0.1, 0.15) is 31.7 Å². The molecule has 66 valence electrons. The zero-order chi connectivity index (χ0) is 8.97. The van der Waals surface area contributed by atoms with Crippen LogP contribution in [0.25, 0.3) is 0 Å². The van der Waals surface area contributed by atoms with Gasteiger partial charge in [-0.15, -0.1) is 0 Å². The van der Waals surface area contributed by atoms with Crippen LogP contribution in [0, 0.1) is 0 Å². The van der Waals surface area contributed by atoms with Crippen LogP contribution in [-0.4, -0.2) is 11.2 Å². The van der Waals surface area contributed by atoms with E-state index in [0.29, 0.717) is 5.92 Å². The third kappa shape index (κ3) is 2.67. The Kier molecular flexibility index (Phi) is 3.30. The number of aliphatic hydroxyl groups excluding tert-OH is 1. The summed E-state index contributed by atoms with van der Waals surface area (Å²) in [5, 5.41) is 9.18. The van der Waals surface area contributed by atoms with Crippen molar-refractivity contribution >= 4 is 0 Å². The van der Waals surface area contributed by atoms with Gasteiger partial charge in [-0.25, -0.2) is 0 Å². The van der Waals surface area contributed by atoms with Gasteiger partial charge in [0.1, 0.15) is 0 Å². The Bertz CT molecular complexity index is 216. The lowest BCUT2D eigenvalue weighted by molar-refractivity contribution is 0.176. The molecule has 0 saturated carbocycles. The molecule has 0 unspecified atom stereocenters. The van der Waals surface area contributed by atoms with E-state index in [-0.39, 0.29) is 6.10 Å². The molecule has 0 aliphatic heterocycles. The minimum Gasteiger partial charge on any atom is -0.393 e. The van der Waals surface area contributed by atoms with Gasteiger partial charge in [-0.2, -0.15) is 0 Å². The maximum atomic E-state index is 9.18. The molecule has 0 amide bonds. The summed E-state index contributed by atoms with van der Waals surface area (Å²) in [5.74, 6) is 0.450. The quantitative estimate of drug-likeness (QED) is 0.728. The average molecular weight is 164 g/mol. The number of hydrogen-bond donors (Lipinski definition) is 1. The van der Waals surface area contributed by atoms with Crippen LogP contribution in [0.2, 0.25) is 0 Å². The summed E-state index contributed by atoms with van der Waals surface area (Å²) in [4.78, 5) is 0. The SMILES string of the molecule is C[C@H](O)C[C@@H](C)c1ccccc1. The predicted molar refractivity (Wildman–Crippen MR) is 51.2 cm³/mol. The third-order valence-electron chi connectivity index (χ3n) is 2.06. The predicted octanol–water partition coefficient (Wildman–Crippen LogP) is 2.56. The van der Waals surface area contributed by atoms with Crippen molar-refractivity contribution in [3.05, 3.63) is 35.9 Å². The fourth-order valence-corrected chi connectivity index (χ4v) is 1.43. The van der Waals surface area contributed by atoms with Crippen LogP contribution in [0.3, 0.4) is 0 Å². The second-order valence-electron chi connectivity index (χ2n) is 3.40. The molecule has 0 saturated heterocycles. The van der Waals surface area contributed by atoms with Gasteiger partial charge in [0.05, 0.1) is 6.10 Å². The number of benzene rings is 1. The summed E-state index contributed by atoms with van der Waals surface area (Å²) < 4.78 is 0. The Labute approximate surface area is 74.1 Å². The Morgan fingerprint density at radius 3 is 2.25 bits per heavy atom. The van der Waals surface area contributed by atoms with Crippen LogP contribution < -0.4 is 0 Å². The van der Waals surface area contributed by atoms with E-state index in [0.717, 1.165) is 6.42 Å². The first kappa shape index (κ1) is 9.27. The second-order valence-corrected chi connectivity index (χ2v) is 3.40. The lowest BCUT2D eigenvalue weighted by Crippen LogP contribution is -2.05. The molecule has 2 atom stereocenters.